The van der Waals surface area contributed by atoms with Gasteiger partial charge < -0.3 is 10.1 Å². The number of carbonyl (C=O) groups is 2. The Kier molecular flexibility index (Phi) is 6.42. The number of nitrogens with one attached hydrogen (secondary N) is 1. The van der Waals surface area contributed by atoms with Crippen LogP contribution < -0.4 is 5.32 Å². The molecular formula is C11H17NO4S. The molecule has 0 saturated heterocycles. The number of ether oxygens (including phenoxy) is 1. The molecule has 1 unspecified atom stereocenters. The van der Waals surface area contributed by atoms with Gasteiger partial charge in [-0.3, -0.25) is 9.00 Å². The van der Waals surface area contributed by atoms with Crippen LogP contribution in [0.2, 0.25) is 0 Å². The number of carbonyl (C=O) groups excluding carboxylic acids is 2. The lowest BCUT2D eigenvalue weighted by atomic mass is 10.3. The van der Waals surface area contributed by atoms with E-state index in [-0.39, 0.29) is 5.75 Å². The molecule has 5 nitrogen and oxygen atoms in total. The van der Waals surface area contributed by atoms with Gasteiger partial charge in [0.15, 0.2) is 0 Å². The fourth-order valence-electron chi connectivity index (χ4n) is 1.00. The smallest absolute Gasteiger partial charge is 0.329 e. The van der Waals surface area contributed by atoms with Crippen molar-refractivity contribution < 1.29 is 18.5 Å². The Morgan fingerprint density at radius 2 is 1.88 bits per heavy atom. The van der Waals surface area contributed by atoms with Gasteiger partial charge in [-0.1, -0.05) is 13.2 Å². The van der Waals surface area contributed by atoms with Crippen LogP contribution in [0.5, 0.6) is 0 Å². The van der Waals surface area contributed by atoms with Gasteiger partial charge in [0.25, 0.3) is 0 Å². The van der Waals surface area contributed by atoms with E-state index in [2.05, 4.69) is 23.2 Å². The van der Waals surface area contributed by atoms with Gasteiger partial charge in [0.2, 0.25) is 5.91 Å². The lowest BCUT2D eigenvalue weighted by Crippen LogP contribution is -2.44. The Morgan fingerprint density at radius 3 is 2.24 bits per heavy atom. The monoisotopic (exact) mass is 259 g/mol. The Bertz CT molecular complexity index is 376. The highest BCUT2D eigenvalue weighted by molar-refractivity contribution is 7.89. The van der Waals surface area contributed by atoms with Crippen LogP contribution in [0.1, 0.15) is 13.8 Å². The number of allylic oxidation sites excluding steroid dienone is 1. The third kappa shape index (κ3) is 5.44. The van der Waals surface area contributed by atoms with Crippen molar-refractivity contribution in [1.82, 2.24) is 5.32 Å². The van der Waals surface area contributed by atoms with Crippen molar-refractivity contribution in [3.05, 3.63) is 23.6 Å². The Balaban J connectivity index is 4.69. The number of rotatable bonds is 6. The first-order valence-corrected chi connectivity index (χ1v) is 6.19. The molecular weight excluding hydrogens is 242 g/mol. The van der Waals surface area contributed by atoms with Gasteiger partial charge in [0.05, 0.1) is 23.7 Å². The maximum absolute atomic E-state index is 11.8. The topological polar surface area (TPSA) is 72.5 Å². The molecule has 17 heavy (non-hydrogen) atoms. The summed E-state index contributed by atoms with van der Waals surface area (Å²) in [5.41, 5.74) is 0.578. The fraction of sp³-hybridized carbons (Fsp3) is 0.455. The Labute approximate surface area is 103 Å². The number of amides is 1. The number of hydrogen-bond acceptors (Lipinski definition) is 4. The molecule has 0 fully saturated rings. The summed E-state index contributed by atoms with van der Waals surface area (Å²) in [6.45, 7) is 10.2. The second kappa shape index (κ2) is 7.01. The lowest BCUT2D eigenvalue weighted by Gasteiger charge is -2.15. The highest BCUT2D eigenvalue weighted by Gasteiger charge is 2.23. The predicted octanol–water partition coefficient (Wildman–Crippen LogP) is 0.503. The van der Waals surface area contributed by atoms with E-state index in [1.807, 2.05) is 0 Å². The molecule has 0 aromatic rings. The zero-order valence-corrected chi connectivity index (χ0v) is 11.1. The average Bonchev–Trinajstić information content (AvgIpc) is 2.24. The van der Waals surface area contributed by atoms with Crippen LogP contribution in [0.25, 0.3) is 0 Å². The van der Waals surface area contributed by atoms with Crippen molar-refractivity contribution in [3.8, 4) is 0 Å². The fourth-order valence-corrected chi connectivity index (χ4v) is 2.11. The van der Waals surface area contributed by atoms with Crippen LogP contribution in [0.15, 0.2) is 23.6 Å². The first kappa shape index (κ1) is 15.6. The molecule has 0 spiro atoms. The molecule has 0 aromatic carbocycles. The van der Waals surface area contributed by atoms with Crippen LogP contribution in [-0.4, -0.2) is 35.0 Å². The number of hydrogen-bond donors (Lipinski definition) is 1. The Morgan fingerprint density at radius 1 is 1.35 bits per heavy atom. The first-order chi connectivity index (χ1) is 7.79. The van der Waals surface area contributed by atoms with E-state index in [4.69, 9.17) is 0 Å². The quantitative estimate of drug-likeness (QED) is 0.557. The lowest BCUT2D eigenvalue weighted by molar-refractivity contribution is -0.144. The summed E-state index contributed by atoms with van der Waals surface area (Å²) in [5.74, 6) is -1.10. The van der Waals surface area contributed by atoms with Gasteiger partial charge >= 0.3 is 5.97 Å². The minimum atomic E-state index is -1.47. The third-order valence-corrected chi connectivity index (χ3v) is 3.47. The second-order valence-corrected chi connectivity index (χ2v) is 5.01. The molecule has 6 heteroatoms. The molecule has 0 aromatic heterocycles. The summed E-state index contributed by atoms with van der Waals surface area (Å²) >= 11 is 0. The summed E-state index contributed by atoms with van der Waals surface area (Å²) in [4.78, 5) is 22.6. The normalized spacial score (nSPS) is 13.4. The van der Waals surface area contributed by atoms with Gasteiger partial charge in [-0.15, -0.1) is 0 Å². The van der Waals surface area contributed by atoms with Crippen molar-refractivity contribution in [2.24, 2.45) is 0 Å². The standard InChI is InChI=1S/C11H17NO4S/c1-7(2)8(3)17(15)6-10(11(14)16-5)12-9(4)13/h10H,1,3,6H2,2,4-5H3,(H,12,13)/t10-,17?/m0/s1. The highest BCUT2D eigenvalue weighted by Crippen LogP contribution is 2.10. The minimum Gasteiger partial charge on any atom is -0.467 e. The second-order valence-electron chi connectivity index (χ2n) is 3.49. The van der Waals surface area contributed by atoms with E-state index in [9.17, 15) is 13.8 Å². The summed E-state index contributed by atoms with van der Waals surface area (Å²) in [6, 6.07) is -0.936. The van der Waals surface area contributed by atoms with Crippen molar-refractivity contribution in [1.29, 1.82) is 0 Å². The largest absolute Gasteiger partial charge is 0.467 e. The molecule has 1 N–H and O–H groups in total. The van der Waals surface area contributed by atoms with E-state index in [1.54, 1.807) is 6.92 Å². The molecule has 0 aliphatic rings. The molecule has 96 valence electrons. The maximum Gasteiger partial charge on any atom is 0.329 e. The number of esters is 1. The van der Waals surface area contributed by atoms with E-state index in [1.165, 1.54) is 14.0 Å². The molecule has 0 bridgehead atoms. The van der Waals surface area contributed by atoms with E-state index >= 15 is 0 Å². The average molecular weight is 259 g/mol. The van der Waals surface area contributed by atoms with Gasteiger partial charge in [-0.05, 0) is 12.5 Å². The van der Waals surface area contributed by atoms with Gasteiger partial charge in [0, 0.05) is 11.8 Å². The van der Waals surface area contributed by atoms with E-state index in [0.29, 0.717) is 10.5 Å². The van der Waals surface area contributed by atoms with Crippen molar-refractivity contribution in [2.45, 2.75) is 19.9 Å². The molecule has 1 amide bonds. The van der Waals surface area contributed by atoms with Gasteiger partial charge in [-0.25, -0.2) is 4.79 Å². The molecule has 0 aliphatic carbocycles. The van der Waals surface area contributed by atoms with Crippen LogP contribution in [0.4, 0.5) is 0 Å². The zero-order chi connectivity index (χ0) is 13.6. The highest BCUT2D eigenvalue weighted by atomic mass is 32.2. The summed E-state index contributed by atoms with van der Waals surface area (Å²) in [6.07, 6.45) is 0. The predicted molar refractivity (Wildman–Crippen MR) is 66.6 cm³/mol. The summed E-state index contributed by atoms with van der Waals surface area (Å²) in [7, 11) is -0.271. The Hall–Kier alpha value is -1.43. The molecule has 0 saturated carbocycles. The molecule has 0 rings (SSSR count). The number of methoxy groups -OCH3 is 1. The first-order valence-electron chi connectivity index (χ1n) is 4.87. The molecule has 0 radical (unpaired) electrons. The van der Waals surface area contributed by atoms with E-state index in [0.717, 1.165) is 0 Å². The van der Waals surface area contributed by atoms with Crippen LogP contribution in [0, 0.1) is 0 Å². The summed E-state index contributed by atoms with van der Waals surface area (Å²) in [5, 5.41) is 2.38. The van der Waals surface area contributed by atoms with Crippen LogP contribution in [-0.2, 0) is 25.1 Å². The maximum atomic E-state index is 11.8. The van der Waals surface area contributed by atoms with E-state index < -0.39 is 28.7 Å². The SMILES string of the molecule is C=C(C)C(=C)S(=O)C[C@H](NC(C)=O)C(=O)OC. The van der Waals surface area contributed by atoms with Crippen molar-refractivity contribution >= 4 is 22.7 Å². The van der Waals surface area contributed by atoms with Crippen LogP contribution in [0.3, 0.4) is 0 Å². The zero-order valence-electron chi connectivity index (χ0n) is 10.2. The molecule has 0 heterocycles. The van der Waals surface area contributed by atoms with Gasteiger partial charge in [0.1, 0.15) is 6.04 Å². The van der Waals surface area contributed by atoms with Gasteiger partial charge in [-0.2, -0.15) is 0 Å². The van der Waals surface area contributed by atoms with Crippen molar-refractivity contribution in [2.75, 3.05) is 12.9 Å². The minimum absolute atomic E-state index is 0.0715. The third-order valence-electron chi connectivity index (χ3n) is 1.93. The molecule has 0 aliphatic heterocycles. The van der Waals surface area contributed by atoms with Crippen molar-refractivity contribution in [3.63, 3.8) is 0 Å². The molecule has 2 atom stereocenters. The van der Waals surface area contributed by atoms with Crippen LogP contribution >= 0.6 is 0 Å². The summed E-state index contributed by atoms with van der Waals surface area (Å²) < 4.78 is 16.3.